The minimum atomic E-state index is 0.255. The SMILES string of the molecule is COc1cccc([C@H]2C[C@H](CO)CN(C)C2)n1. The average Bonchev–Trinajstić information content (AvgIpc) is 2.38. The normalized spacial score (nSPS) is 25.8. The van der Waals surface area contributed by atoms with Crippen molar-refractivity contribution in [1.29, 1.82) is 0 Å². The molecule has 2 rings (SSSR count). The number of aliphatic hydroxyl groups is 1. The van der Waals surface area contributed by atoms with Crippen LogP contribution in [-0.2, 0) is 0 Å². The van der Waals surface area contributed by atoms with Crippen LogP contribution in [0.3, 0.4) is 0 Å². The highest BCUT2D eigenvalue weighted by molar-refractivity contribution is 5.19. The molecule has 1 aromatic heterocycles. The number of hydrogen-bond donors (Lipinski definition) is 1. The van der Waals surface area contributed by atoms with Gasteiger partial charge in [0, 0.05) is 37.4 Å². The zero-order chi connectivity index (χ0) is 12.3. The van der Waals surface area contributed by atoms with Crippen molar-refractivity contribution < 1.29 is 9.84 Å². The van der Waals surface area contributed by atoms with Gasteiger partial charge in [-0.3, -0.25) is 0 Å². The largest absolute Gasteiger partial charge is 0.481 e. The Labute approximate surface area is 102 Å². The lowest BCUT2D eigenvalue weighted by Gasteiger charge is -2.34. The van der Waals surface area contributed by atoms with E-state index in [0.29, 0.717) is 17.7 Å². The summed E-state index contributed by atoms with van der Waals surface area (Å²) in [6.45, 7) is 2.22. The minimum absolute atomic E-state index is 0.255. The van der Waals surface area contributed by atoms with E-state index in [9.17, 15) is 5.11 Å². The zero-order valence-corrected chi connectivity index (χ0v) is 10.5. The van der Waals surface area contributed by atoms with E-state index in [4.69, 9.17) is 4.74 Å². The summed E-state index contributed by atoms with van der Waals surface area (Å²) in [5, 5.41) is 9.30. The Morgan fingerprint density at radius 3 is 3.00 bits per heavy atom. The van der Waals surface area contributed by atoms with Gasteiger partial charge in [0.25, 0.3) is 0 Å². The summed E-state index contributed by atoms with van der Waals surface area (Å²) in [5.41, 5.74) is 1.06. The van der Waals surface area contributed by atoms with E-state index < -0.39 is 0 Å². The Kier molecular flexibility index (Phi) is 3.97. The molecule has 2 atom stereocenters. The fourth-order valence-electron chi connectivity index (χ4n) is 2.56. The zero-order valence-electron chi connectivity index (χ0n) is 10.5. The molecule has 17 heavy (non-hydrogen) atoms. The van der Waals surface area contributed by atoms with Gasteiger partial charge >= 0.3 is 0 Å². The van der Waals surface area contributed by atoms with Gasteiger partial charge in [0.05, 0.1) is 7.11 Å². The van der Waals surface area contributed by atoms with E-state index in [1.807, 2.05) is 18.2 Å². The van der Waals surface area contributed by atoms with Crippen LogP contribution in [0.1, 0.15) is 18.0 Å². The summed E-state index contributed by atoms with van der Waals surface area (Å²) in [6.07, 6.45) is 1.00. The maximum absolute atomic E-state index is 9.30. The first-order valence-corrected chi connectivity index (χ1v) is 6.03. The third-order valence-corrected chi connectivity index (χ3v) is 3.35. The van der Waals surface area contributed by atoms with Crippen molar-refractivity contribution in [1.82, 2.24) is 9.88 Å². The number of methoxy groups -OCH3 is 1. The Bertz CT molecular complexity index is 370. The number of aliphatic hydroxyl groups excluding tert-OH is 1. The van der Waals surface area contributed by atoms with E-state index in [1.54, 1.807) is 7.11 Å². The molecule has 4 heteroatoms. The number of hydrogen-bond acceptors (Lipinski definition) is 4. The molecule has 94 valence electrons. The number of ether oxygens (including phenoxy) is 1. The lowest BCUT2D eigenvalue weighted by atomic mass is 9.87. The fraction of sp³-hybridized carbons (Fsp3) is 0.615. The van der Waals surface area contributed by atoms with Gasteiger partial charge in [-0.2, -0.15) is 0 Å². The molecule has 1 N–H and O–H groups in total. The van der Waals surface area contributed by atoms with E-state index in [-0.39, 0.29) is 6.61 Å². The van der Waals surface area contributed by atoms with Crippen molar-refractivity contribution in [2.24, 2.45) is 5.92 Å². The van der Waals surface area contributed by atoms with Gasteiger partial charge in [0.1, 0.15) is 0 Å². The molecule has 0 aromatic carbocycles. The van der Waals surface area contributed by atoms with Crippen molar-refractivity contribution >= 4 is 0 Å². The number of aromatic nitrogens is 1. The molecule has 0 aliphatic carbocycles. The maximum atomic E-state index is 9.30. The van der Waals surface area contributed by atoms with Gasteiger partial charge in [-0.05, 0) is 25.5 Å². The molecular weight excluding hydrogens is 216 g/mol. The number of rotatable bonds is 3. The van der Waals surface area contributed by atoms with E-state index in [0.717, 1.165) is 25.2 Å². The van der Waals surface area contributed by atoms with Crippen LogP contribution in [0, 0.1) is 5.92 Å². The topological polar surface area (TPSA) is 45.6 Å². The van der Waals surface area contributed by atoms with Gasteiger partial charge < -0.3 is 14.7 Å². The van der Waals surface area contributed by atoms with Crippen molar-refractivity contribution in [2.75, 3.05) is 33.9 Å². The van der Waals surface area contributed by atoms with Crippen molar-refractivity contribution in [3.05, 3.63) is 23.9 Å². The molecule has 1 fully saturated rings. The van der Waals surface area contributed by atoms with Crippen LogP contribution in [0.15, 0.2) is 18.2 Å². The Hall–Kier alpha value is -1.13. The van der Waals surface area contributed by atoms with Crippen LogP contribution in [0.2, 0.25) is 0 Å². The summed E-state index contributed by atoms with van der Waals surface area (Å²) in [6, 6.07) is 5.88. The second-order valence-corrected chi connectivity index (χ2v) is 4.81. The molecule has 0 amide bonds. The highest BCUT2D eigenvalue weighted by Crippen LogP contribution is 2.29. The second-order valence-electron chi connectivity index (χ2n) is 4.81. The lowest BCUT2D eigenvalue weighted by Crippen LogP contribution is -2.38. The van der Waals surface area contributed by atoms with Crippen molar-refractivity contribution in [3.8, 4) is 5.88 Å². The lowest BCUT2D eigenvalue weighted by molar-refractivity contribution is 0.123. The van der Waals surface area contributed by atoms with E-state index >= 15 is 0 Å². The van der Waals surface area contributed by atoms with Gasteiger partial charge in [0.15, 0.2) is 0 Å². The molecule has 0 unspecified atom stereocenters. The fourth-order valence-corrected chi connectivity index (χ4v) is 2.56. The monoisotopic (exact) mass is 236 g/mol. The second kappa shape index (κ2) is 5.47. The number of piperidine rings is 1. The summed E-state index contributed by atoms with van der Waals surface area (Å²) >= 11 is 0. The first kappa shape index (κ1) is 12.3. The molecule has 1 aliphatic heterocycles. The first-order valence-electron chi connectivity index (χ1n) is 6.03. The highest BCUT2D eigenvalue weighted by Gasteiger charge is 2.26. The Balaban J connectivity index is 2.14. The number of pyridine rings is 1. The molecule has 1 saturated heterocycles. The Morgan fingerprint density at radius 1 is 1.47 bits per heavy atom. The average molecular weight is 236 g/mol. The molecule has 0 saturated carbocycles. The minimum Gasteiger partial charge on any atom is -0.481 e. The quantitative estimate of drug-likeness (QED) is 0.854. The van der Waals surface area contributed by atoms with Crippen molar-refractivity contribution in [3.63, 3.8) is 0 Å². The van der Waals surface area contributed by atoms with Crippen molar-refractivity contribution in [2.45, 2.75) is 12.3 Å². The molecular formula is C13H20N2O2. The molecule has 4 nitrogen and oxygen atoms in total. The summed E-state index contributed by atoms with van der Waals surface area (Å²) in [5.74, 6) is 1.41. The smallest absolute Gasteiger partial charge is 0.213 e. The van der Waals surface area contributed by atoms with Gasteiger partial charge in [-0.25, -0.2) is 4.98 Å². The maximum Gasteiger partial charge on any atom is 0.213 e. The first-order chi connectivity index (χ1) is 8.22. The highest BCUT2D eigenvalue weighted by atomic mass is 16.5. The van der Waals surface area contributed by atoms with Crippen LogP contribution < -0.4 is 4.74 Å². The van der Waals surface area contributed by atoms with Crippen LogP contribution in [0.25, 0.3) is 0 Å². The Morgan fingerprint density at radius 2 is 2.29 bits per heavy atom. The molecule has 0 spiro atoms. The molecule has 1 aliphatic rings. The van der Waals surface area contributed by atoms with Crippen LogP contribution >= 0.6 is 0 Å². The molecule has 1 aromatic rings. The van der Waals surface area contributed by atoms with Gasteiger partial charge in [-0.15, -0.1) is 0 Å². The summed E-state index contributed by atoms with van der Waals surface area (Å²) in [7, 11) is 3.73. The van der Waals surface area contributed by atoms with Gasteiger partial charge in [-0.1, -0.05) is 6.07 Å². The van der Waals surface area contributed by atoms with Crippen LogP contribution in [0.5, 0.6) is 5.88 Å². The van der Waals surface area contributed by atoms with E-state index in [1.165, 1.54) is 0 Å². The molecule has 2 heterocycles. The summed E-state index contributed by atoms with van der Waals surface area (Å²) in [4.78, 5) is 6.75. The standard InChI is InChI=1S/C13H20N2O2/c1-15-7-10(9-16)6-11(8-15)12-4-3-5-13(14-12)17-2/h3-5,10-11,16H,6-9H2,1-2H3/t10-,11-/m0/s1. The third-order valence-electron chi connectivity index (χ3n) is 3.35. The molecule has 0 radical (unpaired) electrons. The number of nitrogens with zero attached hydrogens (tertiary/aromatic N) is 2. The molecule has 0 bridgehead atoms. The number of likely N-dealkylation sites (tertiary alicyclic amines) is 1. The number of likely N-dealkylation sites (N-methyl/N-ethyl adjacent to an activating group) is 1. The van der Waals surface area contributed by atoms with Crippen LogP contribution in [0.4, 0.5) is 0 Å². The predicted octanol–water partition coefficient (Wildman–Crippen LogP) is 1.12. The predicted molar refractivity (Wildman–Crippen MR) is 66.2 cm³/mol. The summed E-state index contributed by atoms with van der Waals surface area (Å²) < 4.78 is 5.15. The third kappa shape index (κ3) is 2.96. The van der Waals surface area contributed by atoms with E-state index in [2.05, 4.69) is 16.9 Å². The van der Waals surface area contributed by atoms with Gasteiger partial charge in [0.2, 0.25) is 5.88 Å². The van der Waals surface area contributed by atoms with Crippen LogP contribution in [-0.4, -0.2) is 48.8 Å².